The zero-order valence-electron chi connectivity index (χ0n) is 8.77. The predicted octanol–water partition coefficient (Wildman–Crippen LogP) is 3.28. The number of hydrogen-bond acceptors (Lipinski definition) is 1. The van der Waals surface area contributed by atoms with Crippen molar-refractivity contribution in [1.29, 1.82) is 0 Å². The van der Waals surface area contributed by atoms with E-state index in [4.69, 9.17) is 11.2 Å². The van der Waals surface area contributed by atoms with Gasteiger partial charge in [-0.25, -0.2) is 0 Å². The molecule has 0 aliphatic carbocycles. The minimum Gasteiger partial charge on any atom is -0.496 e. The maximum absolute atomic E-state index is 12.6. The molecule has 16 heavy (non-hydrogen) atoms. The largest absolute Gasteiger partial charge is 0.496 e. The molecule has 0 radical (unpaired) electrons. The topological polar surface area (TPSA) is 9.23 Å². The van der Waals surface area contributed by atoms with Crippen LogP contribution in [0.1, 0.15) is 17.5 Å². The highest BCUT2D eigenvalue weighted by Gasteiger charge is 2.34. The Morgan fingerprint density at radius 3 is 2.56 bits per heavy atom. The van der Waals surface area contributed by atoms with E-state index in [0.29, 0.717) is 18.4 Å². The Labute approximate surface area is 92.2 Å². The molecule has 0 atom stereocenters. The molecule has 1 nitrogen and oxygen atoms in total. The molecule has 86 valence electrons. The van der Waals surface area contributed by atoms with Crippen LogP contribution in [0.4, 0.5) is 13.2 Å². The highest BCUT2D eigenvalue weighted by atomic mass is 19.4. The van der Waals surface area contributed by atoms with Crippen molar-refractivity contribution in [2.24, 2.45) is 0 Å². The summed E-state index contributed by atoms with van der Waals surface area (Å²) in [6.07, 6.45) is 1.44. The molecule has 0 heterocycles. The van der Waals surface area contributed by atoms with Crippen molar-refractivity contribution in [3.05, 3.63) is 29.3 Å². The minimum absolute atomic E-state index is 0.134. The lowest BCUT2D eigenvalue weighted by molar-refractivity contribution is -0.138. The molecule has 1 aromatic rings. The molecule has 1 rings (SSSR count). The van der Waals surface area contributed by atoms with Crippen LogP contribution in [0.5, 0.6) is 5.75 Å². The smallest absolute Gasteiger partial charge is 0.419 e. The number of methoxy groups -OCH3 is 1. The van der Waals surface area contributed by atoms with E-state index in [-0.39, 0.29) is 5.75 Å². The second-order valence-corrected chi connectivity index (χ2v) is 3.20. The van der Waals surface area contributed by atoms with Gasteiger partial charge in [-0.05, 0) is 18.1 Å². The van der Waals surface area contributed by atoms with E-state index in [1.165, 1.54) is 13.2 Å². The predicted molar refractivity (Wildman–Crippen MR) is 55.2 cm³/mol. The SMILES string of the molecule is C#CCCc1cccc(C(F)(F)F)c1OC. The fourth-order valence-corrected chi connectivity index (χ4v) is 1.45. The van der Waals surface area contributed by atoms with Crippen molar-refractivity contribution < 1.29 is 17.9 Å². The highest BCUT2D eigenvalue weighted by Crippen LogP contribution is 2.38. The molecule has 0 amide bonds. The Bertz CT molecular complexity index is 402. The number of para-hydroxylation sites is 1. The van der Waals surface area contributed by atoms with Crippen LogP contribution >= 0.6 is 0 Å². The highest BCUT2D eigenvalue weighted by molar-refractivity contribution is 5.43. The number of alkyl halides is 3. The molecule has 0 unspecified atom stereocenters. The molecule has 0 N–H and O–H groups in total. The summed E-state index contributed by atoms with van der Waals surface area (Å²) >= 11 is 0. The van der Waals surface area contributed by atoms with Crippen LogP contribution in [-0.4, -0.2) is 7.11 Å². The molecular formula is C12H11F3O. The fourth-order valence-electron chi connectivity index (χ4n) is 1.45. The summed E-state index contributed by atoms with van der Waals surface area (Å²) in [5, 5.41) is 0. The van der Waals surface area contributed by atoms with Gasteiger partial charge in [0.15, 0.2) is 0 Å². The van der Waals surface area contributed by atoms with E-state index < -0.39 is 11.7 Å². The Kier molecular flexibility index (Phi) is 3.83. The molecule has 0 bridgehead atoms. The third-order valence-electron chi connectivity index (χ3n) is 2.14. The van der Waals surface area contributed by atoms with E-state index >= 15 is 0 Å². The number of aryl methyl sites for hydroxylation is 1. The number of ether oxygens (including phenoxy) is 1. The van der Waals surface area contributed by atoms with Gasteiger partial charge in [0.1, 0.15) is 5.75 Å². The summed E-state index contributed by atoms with van der Waals surface area (Å²) < 4.78 is 42.7. The van der Waals surface area contributed by atoms with Gasteiger partial charge in [-0.3, -0.25) is 0 Å². The average molecular weight is 228 g/mol. The second kappa shape index (κ2) is 4.93. The van der Waals surface area contributed by atoms with Gasteiger partial charge in [0.2, 0.25) is 0 Å². The maximum Gasteiger partial charge on any atom is 0.419 e. The lowest BCUT2D eigenvalue weighted by Gasteiger charge is -2.14. The number of terminal acetylenes is 1. The molecule has 0 aromatic heterocycles. The van der Waals surface area contributed by atoms with Crippen molar-refractivity contribution in [2.75, 3.05) is 7.11 Å². The average Bonchev–Trinajstić information content (AvgIpc) is 2.24. The van der Waals surface area contributed by atoms with Gasteiger partial charge in [0.25, 0.3) is 0 Å². The molecule has 0 aliphatic rings. The van der Waals surface area contributed by atoms with E-state index in [1.807, 2.05) is 0 Å². The number of benzene rings is 1. The van der Waals surface area contributed by atoms with Crippen LogP contribution in [0.15, 0.2) is 18.2 Å². The van der Waals surface area contributed by atoms with Crippen LogP contribution in [0, 0.1) is 12.3 Å². The molecular weight excluding hydrogens is 217 g/mol. The number of halogens is 3. The lowest BCUT2D eigenvalue weighted by Crippen LogP contribution is -2.09. The first-order valence-corrected chi connectivity index (χ1v) is 4.67. The van der Waals surface area contributed by atoms with Crippen LogP contribution in [0.3, 0.4) is 0 Å². The first-order chi connectivity index (χ1) is 7.50. The van der Waals surface area contributed by atoms with Gasteiger partial charge >= 0.3 is 6.18 Å². The third-order valence-corrected chi connectivity index (χ3v) is 2.14. The van der Waals surface area contributed by atoms with Gasteiger partial charge in [-0.1, -0.05) is 12.1 Å². The van der Waals surface area contributed by atoms with E-state index in [0.717, 1.165) is 6.07 Å². The number of hydrogen-bond donors (Lipinski definition) is 0. The molecule has 0 fully saturated rings. The van der Waals surface area contributed by atoms with Crippen LogP contribution in [-0.2, 0) is 12.6 Å². The van der Waals surface area contributed by atoms with Crippen molar-refractivity contribution in [1.82, 2.24) is 0 Å². The Morgan fingerprint density at radius 2 is 2.06 bits per heavy atom. The zero-order chi connectivity index (χ0) is 12.2. The summed E-state index contributed by atoms with van der Waals surface area (Å²) in [7, 11) is 1.23. The first-order valence-electron chi connectivity index (χ1n) is 4.67. The zero-order valence-corrected chi connectivity index (χ0v) is 8.77. The lowest BCUT2D eigenvalue weighted by atomic mass is 10.0. The monoisotopic (exact) mass is 228 g/mol. The fraction of sp³-hybridized carbons (Fsp3) is 0.333. The van der Waals surface area contributed by atoms with Gasteiger partial charge in [-0.15, -0.1) is 12.3 Å². The summed E-state index contributed by atoms with van der Waals surface area (Å²) in [4.78, 5) is 0. The Hall–Kier alpha value is -1.63. The van der Waals surface area contributed by atoms with Crippen molar-refractivity contribution in [2.45, 2.75) is 19.0 Å². The van der Waals surface area contributed by atoms with Crippen molar-refractivity contribution in [3.63, 3.8) is 0 Å². The summed E-state index contributed by atoms with van der Waals surface area (Å²) in [6.45, 7) is 0. The second-order valence-electron chi connectivity index (χ2n) is 3.20. The van der Waals surface area contributed by atoms with Crippen LogP contribution in [0.25, 0.3) is 0 Å². The van der Waals surface area contributed by atoms with Crippen molar-refractivity contribution >= 4 is 0 Å². The summed E-state index contributed by atoms with van der Waals surface area (Å²) in [5.74, 6) is 2.25. The number of rotatable bonds is 3. The molecule has 0 spiro atoms. The van der Waals surface area contributed by atoms with Gasteiger partial charge in [-0.2, -0.15) is 13.2 Å². The quantitative estimate of drug-likeness (QED) is 0.721. The summed E-state index contributed by atoms with van der Waals surface area (Å²) in [5.41, 5.74) is -0.278. The molecule has 0 saturated carbocycles. The van der Waals surface area contributed by atoms with Gasteiger partial charge in [0.05, 0.1) is 12.7 Å². The Morgan fingerprint density at radius 1 is 1.38 bits per heavy atom. The van der Waals surface area contributed by atoms with E-state index in [9.17, 15) is 13.2 Å². The first kappa shape index (κ1) is 12.4. The van der Waals surface area contributed by atoms with Crippen LogP contribution < -0.4 is 4.74 Å². The van der Waals surface area contributed by atoms with Gasteiger partial charge < -0.3 is 4.74 Å². The normalized spacial score (nSPS) is 10.9. The minimum atomic E-state index is -4.41. The molecule has 4 heteroatoms. The third kappa shape index (κ3) is 2.69. The van der Waals surface area contributed by atoms with E-state index in [1.54, 1.807) is 6.07 Å². The van der Waals surface area contributed by atoms with Gasteiger partial charge in [0, 0.05) is 6.42 Å². The Balaban J connectivity index is 3.17. The summed E-state index contributed by atoms with van der Waals surface area (Å²) in [6, 6.07) is 3.95. The molecule has 1 aromatic carbocycles. The van der Waals surface area contributed by atoms with Crippen molar-refractivity contribution in [3.8, 4) is 18.1 Å². The maximum atomic E-state index is 12.6. The molecule has 0 aliphatic heterocycles. The van der Waals surface area contributed by atoms with E-state index in [2.05, 4.69) is 5.92 Å². The molecule has 0 saturated heterocycles. The van der Waals surface area contributed by atoms with Crippen LogP contribution in [0.2, 0.25) is 0 Å². The standard InChI is InChI=1S/C12H11F3O/c1-3-4-6-9-7-5-8-10(11(9)16-2)12(13,14)15/h1,5,7-8H,4,6H2,2H3.